The summed E-state index contributed by atoms with van der Waals surface area (Å²) in [6, 6.07) is 8.13. The van der Waals surface area contributed by atoms with E-state index in [2.05, 4.69) is 25.3 Å². The molecular formula is C23H21ClFN5O. The molecule has 0 unspecified atom stereocenters. The van der Waals surface area contributed by atoms with E-state index in [9.17, 15) is 9.50 Å². The SMILES string of the molecule is C[C@H](Nc1c(Cl)cnc2cnc(-c3cnc(C(C)(C)O)nc3)cc12)c1ccccc1F. The average molecular weight is 438 g/mol. The van der Waals surface area contributed by atoms with Gasteiger partial charge in [-0.2, -0.15) is 0 Å². The number of aromatic nitrogens is 4. The Bertz CT molecular complexity index is 1240. The molecule has 6 nitrogen and oxygen atoms in total. The summed E-state index contributed by atoms with van der Waals surface area (Å²) in [7, 11) is 0. The third-order valence-corrected chi connectivity index (χ3v) is 5.22. The quantitative estimate of drug-likeness (QED) is 0.442. The van der Waals surface area contributed by atoms with Crippen molar-refractivity contribution in [2.75, 3.05) is 5.32 Å². The number of hydrogen-bond acceptors (Lipinski definition) is 6. The highest BCUT2D eigenvalue weighted by atomic mass is 35.5. The predicted molar refractivity (Wildman–Crippen MR) is 119 cm³/mol. The van der Waals surface area contributed by atoms with Gasteiger partial charge < -0.3 is 10.4 Å². The molecule has 0 amide bonds. The van der Waals surface area contributed by atoms with Gasteiger partial charge >= 0.3 is 0 Å². The largest absolute Gasteiger partial charge is 0.382 e. The summed E-state index contributed by atoms with van der Waals surface area (Å²) in [5.41, 5.74) is 1.99. The highest BCUT2D eigenvalue weighted by Crippen LogP contribution is 2.34. The summed E-state index contributed by atoms with van der Waals surface area (Å²) in [4.78, 5) is 17.3. The van der Waals surface area contributed by atoms with Crippen LogP contribution >= 0.6 is 11.6 Å². The summed E-state index contributed by atoms with van der Waals surface area (Å²) >= 11 is 6.45. The van der Waals surface area contributed by atoms with Gasteiger partial charge in [0.25, 0.3) is 0 Å². The molecule has 4 aromatic rings. The number of nitrogens with one attached hydrogen (secondary N) is 1. The van der Waals surface area contributed by atoms with E-state index in [0.29, 0.717) is 38.9 Å². The molecular weight excluding hydrogens is 417 g/mol. The van der Waals surface area contributed by atoms with E-state index >= 15 is 0 Å². The van der Waals surface area contributed by atoms with Crippen LogP contribution in [0.1, 0.15) is 38.2 Å². The smallest absolute Gasteiger partial charge is 0.159 e. The molecule has 3 heterocycles. The fraction of sp³-hybridized carbons (Fsp3) is 0.217. The van der Waals surface area contributed by atoms with E-state index in [1.54, 1.807) is 56.8 Å². The average Bonchev–Trinajstić information content (AvgIpc) is 2.75. The number of fused-ring (bicyclic) bond motifs is 1. The number of pyridine rings is 2. The van der Waals surface area contributed by atoms with Gasteiger partial charge in [-0.05, 0) is 32.9 Å². The Kier molecular flexibility index (Phi) is 5.56. The van der Waals surface area contributed by atoms with Crippen LogP contribution in [0.3, 0.4) is 0 Å². The molecule has 31 heavy (non-hydrogen) atoms. The summed E-state index contributed by atoms with van der Waals surface area (Å²) < 4.78 is 14.2. The Morgan fingerprint density at radius 2 is 1.74 bits per heavy atom. The maximum absolute atomic E-state index is 14.2. The van der Waals surface area contributed by atoms with Gasteiger partial charge in [-0.3, -0.25) is 9.97 Å². The van der Waals surface area contributed by atoms with Crippen molar-refractivity contribution in [2.45, 2.75) is 32.4 Å². The van der Waals surface area contributed by atoms with E-state index in [0.717, 1.165) is 5.39 Å². The van der Waals surface area contributed by atoms with Crippen LogP contribution in [0.4, 0.5) is 10.1 Å². The maximum Gasteiger partial charge on any atom is 0.159 e. The van der Waals surface area contributed by atoms with Gasteiger partial charge in [-0.25, -0.2) is 14.4 Å². The van der Waals surface area contributed by atoms with Crippen LogP contribution in [-0.2, 0) is 5.60 Å². The number of hydrogen-bond donors (Lipinski definition) is 2. The number of anilines is 1. The van der Waals surface area contributed by atoms with Gasteiger partial charge in [0.15, 0.2) is 5.82 Å². The van der Waals surface area contributed by atoms with Crippen molar-refractivity contribution in [3.8, 4) is 11.3 Å². The van der Waals surface area contributed by atoms with Crippen LogP contribution in [0.25, 0.3) is 22.2 Å². The first-order valence-electron chi connectivity index (χ1n) is 9.74. The van der Waals surface area contributed by atoms with Gasteiger partial charge in [0.05, 0.1) is 34.2 Å². The van der Waals surface area contributed by atoms with Crippen molar-refractivity contribution in [1.29, 1.82) is 0 Å². The second-order valence-electron chi connectivity index (χ2n) is 7.81. The van der Waals surface area contributed by atoms with Crippen LogP contribution in [0, 0.1) is 5.82 Å². The molecule has 2 N–H and O–H groups in total. The standard InChI is InChI=1S/C23H21ClFN5O/c1-13(15-6-4-5-7-18(15)25)30-21-16-8-19(27-12-20(16)26-11-17(21)24)14-9-28-22(29-10-14)23(2,3)31/h4-13,31H,1-3H3,(H,26,30)/t13-/m0/s1. The second kappa shape index (κ2) is 8.17. The molecule has 8 heteroatoms. The summed E-state index contributed by atoms with van der Waals surface area (Å²) in [6.07, 6.45) is 6.41. The summed E-state index contributed by atoms with van der Waals surface area (Å²) in [5, 5.41) is 14.5. The fourth-order valence-corrected chi connectivity index (χ4v) is 3.48. The highest BCUT2D eigenvalue weighted by molar-refractivity contribution is 6.34. The molecule has 0 fully saturated rings. The Morgan fingerprint density at radius 1 is 1.03 bits per heavy atom. The number of halogens is 2. The van der Waals surface area contributed by atoms with Crippen LogP contribution in [0.2, 0.25) is 5.02 Å². The van der Waals surface area contributed by atoms with Gasteiger partial charge in [-0.15, -0.1) is 0 Å². The Morgan fingerprint density at radius 3 is 2.42 bits per heavy atom. The lowest BCUT2D eigenvalue weighted by atomic mass is 10.1. The molecule has 0 radical (unpaired) electrons. The molecule has 0 spiro atoms. The lowest BCUT2D eigenvalue weighted by molar-refractivity contribution is 0.0687. The Hall–Kier alpha value is -3.16. The van der Waals surface area contributed by atoms with Crippen molar-refractivity contribution in [3.05, 3.63) is 77.3 Å². The first-order chi connectivity index (χ1) is 14.7. The van der Waals surface area contributed by atoms with E-state index in [4.69, 9.17) is 11.6 Å². The Labute approximate surface area is 184 Å². The minimum Gasteiger partial charge on any atom is -0.382 e. The topological polar surface area (TPSA) is 83.8 Å². The van der Waals surface area contributed by atoms with Crippen LogP contribution < -0.4 is 5.32 Å². The van der Waals surface area contributed by atoms with Crippen molar-refractivity contribution < 1.29 is 9.50 Å². The van der Waals surface area contributed by atoms with Crippen molar-refractivity contribution in [2.24, 2.45) is 0 Å². The fourth-order valence-electron chi connectivity index (χ4n) is 3.27. The zero-order valence-electron chi connectivity index (χ0n) is 17.3. The lowest BCUT2D eigenvalue weighted by Crippen LogP contribution is -2.19. The van der Waals surface area contributed by atoms with Crippen LogP contribution in [0.15, 0.2) is 55.1 Å². The lowest BCUT2D eigenvalue weighted by Gasteiger charge is -2.19. The van der Waals surface area contributed by atoms with E-state index in [1.807, 2.05) is 13.0 Å². The number of benzene rings is 1. The van der Waals surface area contributed by atoms with Crippen molar-refractivity contribution >= 4 is 28.2 Å². The van der Waals surface area contributed by atoms with Crippen molar-refractivity contribution in [1.82, 2.24) is 19.9 Å². The normalized spacial score (nSPS) is 12.7. The molecule has 158 valence electrons. The molecule has 0 aliphatic heterocycles. The maximum atomic E-state index is 14.2. The van der Waals surface area contributed by atoms with Gasteiger partial charge in [-0.1, -0.05) is 29.8 Å². The van der Waals surface area contributed by atoms with E-state index in [1.165, 1.54) is 6.07 Å². The van der Waals surface area contributed by atoms with Crippen LogP contribution in [-0.4, -0.2) is 25.0 Å². The van der Waals surface area contributed by atoms with Gasteiger partial charge in [0.1, 0.15) is 11.4 Å². The summed E-state index contributed by atoms with van der Waals surface area (Å²) in [5.74, 6) is 0.0335. The highest BCUT2D eigenvalue weighted by Gasteiger charge is 2.20. The van der Waals surface area contributed by atoms with Gasteiger partial charge in [0.2, 0.25) is 0 Å². The number of nitrogens with zero attached hydrogens (tertiary/aromatic N) is 4. The van der Waals surface area contributed by atoms with Gasteiger partial charge in [0, 0.05) is 35.1 Å². The molecule has 0 saturated carbocycles. The molecule has 0 aliphatic rings. The molecule has 3 aromatic heterocycles. The molecule has 1 aromatic carbocycles. The van der Waals surface area contributed by atoms with E-state index < -0.39 is 5.60 Å². The third-order valence-electron chi connectivity index (χ3n) is 4.94. The van der Waals surface area contributed by atoms with Crippen molar-refractivity contribution in [3.63, 3.8) is 0 Å². The minimum atomic E-state index is -1.13. The number of aliphatic hydroxyl groups is 1. The number of rotatable bonds is 5. The Balaban J connectivity index is 1.74. The first-order valence-corrected chi connectivity index (χ1v) is 10.1. The molecule has 4 rings (SSSR count). The first kappa shape index (κ1) is 21.1. The van der Waals surface area contributed by atoms with E-state index in [-0.39, 0.29) is 11.9 Å². The summed E-state index contributed by atoms with van der Waals surface area (Å²) in [6.45, 7) is 5.11. The molecule has 0 aliphatic carbocycles. The predicted octanol–water partition coefficient (Wildman–Crippen LogP) is 5.28. The molecule has 0 bridgehead atoms. The molecule has 1 atom stereocenters. The zero-order valence-corrected chi connectivity index (χ0v) is 18.0. The van der Waals surface area contributed by atoms with Crippen LogP contribution in [0.5, 0.6) is 0 Å². The zero-order chi connectivity index (χ0) is 22.2. The second-order valence-corrected chi connectivity index (χ2v) is 8.22. The third kappa shape index (κ3) is 4.33. The molecule has 0 saturated heterocycles. The minimum absolute atomic E-state index is 0.289. The monoisotopic (exact) mass is 437 g/mol.